The predicted molar refractivity (Wildman–Crippen MR) is 91.9 cm³/mol. The van der Waals surface area contributed by atoms with Gasteiger partial charge in [0.15, 0.2) is 0 Å². The lowest BCUT2D eigenvalue weighted by molar-refractivity contribution is -0.0147. The van der Waals surface area contributed by atoms with Crippen LogP contribution in [0.2, 0.25) is 0 Å². The van der Waals surface area contributed by atoms with Crippen molar-refractivity contribution in [2.75, 3.05) is 40.0 Å². The highest BCUT2D eigenvalue weighted by atomic mass is 16.5. The van der Waals surface area contributed by atoms with Crippen LogP contribution in [0.1, 0.15) is 19.5 Å². The molecule has 1 atom stereocenters. The second kappa shape index (κ2) is 11.8. The van der Waals surface area contributed by atoms with Gasteiger partial charge in [0.25, 0.3) is 0 Å². The van der Waals surface area contributed by atoms with Crippen molar-refractivity contribution in [3.8, 4) is 0 Å². The van der Waals surface area contributed by atoms with E-state index >= 15 is 0 Å². The number of carbonyl (C=O) groups is 1. The third-order valence-electron chi connectivity index (χ3n) is 3.20. The van der Waals surface area contributed by atoms with Crippen LogP contribution in [0.4, 0.5) is 4.79 Å². The minimum Gasteiger partial charge on any atom is -0.389 e. The van der Waals surface area contributed by atoms with E-state index in [1.54, 1.807) is 13.2 Å². The van der Waals surface area contributed by atoms with E-state index in [9.17, 15) is 9.90 Å². The second-order valence-electron chi connectivity index (χ2n) is 5.83. The number of urea groups is 1. The van der Waals surface area contributed by atoms with E-state index in [4.69, 9.17) is 9.47 Å². The number of hydrogen-bond donors (Lipinski definition) is 2. The number of ether oxygens (including phenoxy) is 2. The number of pyridine rings is 1. The third kappa shape index (κ3) is 9.44. The molecule has 24 heavy (non-hydrogen) atoms. The van der Waals surface area contributed by atoms with Crippen LogP contribution in [0.3, 0.4) is 0 Å². The molecule has 1 unspecified atom stereocenters. The number of likely N-dealkylation sites (N-methyl/N-ethyl adjacent to an activating group) is 1. The topological polar surface area (TPSA) is 83.9 Å². The minimum atomic E-state index is -0.726. The minimum absolute atomic E-state index is 0.166. The van der Waals surface area contributed by atoms with Crippen molar-refractivity contribution >= 4 is 6.03 Å². The molecule has 0 aliphatic rings. The maximum atomic E-state index is 11.9. The van der Waals surface area contributed by atoms with E-state index in [1.807, 2.05) is 32.0 Å². The van der Waals surface area contributed by atoms with Gasteiger partial charge in [0.05, 0.1) is 38.6 Å². The molecule has 2 amide bonds. The lowest BCUT2D eigenvalue weighted by atomic mass is 10.3. The predicted octanol–water partition coefficient (Wildman–Crippen LogP) is 1.07. The van der Waals surface area contributed by atoms with Gasteiger partial charge >= 0.3 is 6.03 Å². The molecule has 0 saturated carbocycles. The summed E-state index contributed by atoms with van der Waals surface area (Å²) in [5, 5.41) is 12.7. The van der Waals surface area contributed by atoms with Crippen LogP contribution in [0.25, 0.3) is 0 Å². The Kier molecular flexibility index (Phi) is 9.98. The number of rotatable bonds is 11. The van der Waals surface area contributed by atoms with E-state index in [0.717, 1.165) is 5.69 Å². The highest BCUT2D eigenvalue weighted by Gasteiger charge is 2.13. The summed E-state index contributed by atoms with van der Waals surface area (Å²) in [6, 6.07) is 5.46. The number of aliphatic hydroxyl groups excluding tert-OH is 1. The highest BCUT2D eigenvalue weighted by molar-refractivity contribution is 5.73. The zero-order valence-corrected chi connectivity index (χ0v) is 14.8. The van der Waals surface area contributed by atoms with Gasteiger partial charge in [0.1, 0.15) is 0 Å². The Morgan fingerprint density at radius 1 is 1.38 bits per heavy atom. The first-order valence-corrected chi connectivity index (χ1v) is 8.25. The standard InChI is InChI=1S/C17H29N3O4/c1-14(2)24-11-10-23-13-16(21)12-20(3)17(22)19-9-7-15-6-4-5-8-18-15/h4-6,8,14,16,21H,7,9-13H2,1-3H3,(H,19,22). The van der Waals surface area contributed by atoms with Crippen LogP contribution in [0.15, 0.2) is 24.4 Å². The Balaban J connectivity index is 2.11. The molecule has 0 aliphatic heterocycles. The molecule has 0 spiro atoms. The normalized spacial score (nSPS) is 12.2. The summed E-state index contributed by atoms with van der Waals surface area (Å²) >= 11 is 0. The molecule has 0 bridgehead atoms. The summed E-state index contributed by atoms with van der Waals surface area (Å²) in [5.41, 5.74) is 0.928. The number of aromatic nitrogens is 1. The van der Waals surface area contributed by atoms with Gasteiger partial charge in [-0.1, -0.05) is 6.07 Å². The maximum absolute atomic E-state index is 11.9. The van der Waals surface area contributed by atoms with Gasteiger partial charge in [-0.05, 0) is 26.0 Å². The molecule has 1 heterocycles. The van der Waals surface area contributed by atoms with Crippen molar-refractivity contribution in [1.82, 2.24) is 15.2 Å². The average molecular weight is 339 g/mol. The monoisotopic (exact) mass is 339 g/mol. The summed E-state index contributed by atoms with van der Waals surface area (Å²) in [6.45, 7) is 5.71. The summed E-state index contributed by atoms with van der Waals surface area (Å²) in [4.78, 5) is 17.6. The summed E-state index contributed by atoms with van der Waals surface area (Å²) in [5.74, 6) is 0. The lowest BCUT2D eigenvalue weighted by Gasteiger charge is -2.21. The van der Waals surface area contributed by atoms with Crippen LogP contribution in [0.5, 0.6) is 0 Å². The van der Waals surface area contributed by atoms with Crippen LogP contribution in [-0.2, 0) is 15.9 Å². The Bertz CT molecular complexity index is 456. The molecule has 0 radical (unpaired) electrons. The lowest BCUT2D eigenvalue weighted by Crippen LogP contribution is -2.43. The fourth-order valence-corrected chi connectivity index (χ4v) is 1.99. The first kappa shape index (κ1) is 20.3. The van der Waals surface area contributed by atoms with Crippen LogP contribution in [-0.4, -0.2) is 73.2 Å². The van der Waals surface area contributed by atoms with Gasteiger partial charge in [0, 0.05) is 31.9 Å². The second-order valence-corrected chi connectivity index (χ2v) is 5.83. The summed E-state index contributed by atoms with van der Waals surface area (Å²) < 4.78 is 10.7. The highest BCUT2D eigenvalue weighted by Crippen LogP contribution is 1.96. The van der Waals surface area contributed by atoms with Crippen molar-refractivity contribution in [2.24, 2.45) is 0 Å². The largest absolute Gasteiger partial charge is 0.389 e. The van der Waals surface area contributed by atoms with Crippen molar-refractivity contribution in [2.45, 2.75) is 32.5 Å². The Morgan fingerprint density at radius 3 is 2.83 bits per heavy atom. The molecule has 0 aliphatic carbocycles. The molecule has 2 N–H and O–H groups in total. The van der Waals surface area contributed by atoms with Gasteiger partial charge in [-0.2, -0.15) is 0 Å². The van der Waals surface area contributed by atoms with E-state index < -0.39 is 6.10 Å². The number of amides is 2. The molecule has 7 heteroatoms. The van der Waals surface area contributed by atoms with Gasteiger partial charge < -0.3 is 24.8 Å². The fraction of sp³-hybridized carbons (Fsp3) is 0.647. The molecule has 0 aromatic carbocycles. The molecule has 0 saturated heterocycles. The van der Waals surface area contributed by atoms with Gasteiger partial charge in [-0.3, -0.25) is 4.98 Å². The smallest absolute Gasteiger partial charge is 0.317 e. The number of carbonyl (C=O) groups excluding carboxylic acids is 1. The zero-order valence-electron chi connectivity index (χ0n) is 14.8. The first-order chi connectivity index (χ1) is 11.5. The number of hydrogen-bond acceptors (Lipinski definition) is 5. The Morgan fingerprint density at radius 2 is 2.17 bits per heavy atom. The maximum Gasteiger partial charge on any atom is 0.317 e. The molecule has 1 rings (SSSR count). The molecule has 1 aromatic rings. The van der Waals surface area contributed by atoms with E-state index in [-0.39, 0.29) is 25.3 Å². The van der Waals surface area contributed by atoms with Crippen molar-refractivity contribution < 1.29 is 19.4 Å². The third-order valence-corrected chi connectivity index (χ3v) is 3.20. The molecular formula is C17H29N3O4. The number of aliphatic hydroxyl groups is 1. The zero-order chi connectivity index (χ0) is 17.8. The van der Waals surface area contributed by atoms with E-state index in [0.29, 0.717) is 26.2 Å². The number of nitrogens with one attached hydrogen (secondary N) is 1. The average Bonchev–Trinajstić information content (AvgIpc) is 2.55. The first-order valence-electron chi connectivity index (χ1n) is 8.25. The SMILES string of the molecule is CC(C)OCCOCC(O)CN(C)C(=O)NCCc1ccccn1. The molecule has 7 nitrogen and oxygen atoms in total. The van der Waals surface area contributed by atoms with Gasteiger partial charge in [-0.25, -0.2) is 4.79 Å². The Labute approximate surface area is 144 Å². The van der Waals surface area contributed by atoms with E-state index in [1.165, 1.54) is 4.90 Å². The molecule has 1 aromatic heterocycles. The quantitative estimate of drug-likeness (QED) is 0.589. The molecule has 0 fully saturated rings. The molecule has 136 valence electrons. The summed E-state index contributed by atoms with van der Waals surface area (Å²) in [7, 11) is 1.64. The van der Waals surface area contributed by atoms with Crippen molar-refractivity contribution in [1.29, 1.82) is 0 Å². The van der Waals surface area contributed by atoms with Crippen molar-refractivity contribution in [3.05, 3.63) is 30.1 Å². The van der Waals surface area contributed by atoms with Crippen LogP contribution in [0, 0.1) is 0 Å². The summed E-state index contributed by atoms with van der Waals surface area (Å²) in [6.07, 6.45) is 1.84. The van der Waals surface area contributed by atoms with Gasteiger partial charge in [0.2, 0.25) is 0 Å². The van der Waals surface area contributed by atoms with Crippen LogP contribution >= 0.6 is 0 Å². The Hall–Kier alpha value is -1.70. The van der Waals surface area contributed by atoms with Crippen LogP contribution < -0.4 is 5.32 Å². The van der Waals surface area contributed by atoms with E-state index in [2.05, 4.69) is 10.3 Å². The fourth-order valence-electron chi connectivity index (χ4n) is 1.99. The molecular weight excluding hydrogens is 310 g/mol. The van der Waals surface area contributed by atoms with Gasteiger partial charge in [-0.15, -0.1) is 0 Å². The van der Waals surface area contributed by atoms with Crippen molar-refractivity contribution in [3.63, 3.8) is 0 Å². The number of nitrogens with zero attached hydrogens (tertiary/aromatic N) is 2.